The highest BCUT2D eigenvalue weighted by atomic mass is 14.4. The number of rotatable bonds is 0. The van der Waals surface area contributed by atoms with Crippen molar-refractivity contribution in [3.63, 3.8) is 0 Å². The van der Waals surface area contributed by atoms with Crippen LogP contribution in [0.25, 0.3) is 21.9 Å². The van der Waals surface area contributed by atoms with Crippen molar-refractivity contribution in [2.45, 2.75) is 26.2 Å². The Morgan fingerprint density at radius 1 is 0.857 bits per heavy atom. The maximum atomic E-state index is 2.40. The molecule has 0 heterocycles. The van der Waals surface area contributed by atoms with Crippen LogP contribution in [0.15, 0.2) is 48.5 Å². The highest BCUT2D eigenvalue weighted by Crippen LogP contribution is 2.50. The zero-order valence-corrected chi connectivity index (χ0v) is 13.1. The zero-order valence-electron chi connectivity index (χ0n) is 13.1. The highest BCUT2D eigenvalue weighted by Gasteiger charge is 2.36. The van der Waals surface area contributed by atoms with Gasteiger partial charge in [0, 0.05) is 5.41 Å². The average molecular weight is 270 g/mol. The van der Waals surface area contributed by atoms with Crippen molar-refractivity contribution >= 4 is 24.1 Å². The minimum Gasteiger partial charge on any atom is -0.0809 e. The summed E-state index contributed by atoms with van der Waals surface area (Å²) in [5.74, 6) is 0. The first kappa shape index (κ1) is 12.7. The van der Waals surface area contributed by atoms with Gasteiger partial charge in [0.1, 0.15) is 7.85 Å². The van der Waals surface area contributed by atoms with E-state index in [4.69, 9.17) is 0 Å². The van der Waals surface area contributed by atoms with Crippen LogP contribution in [0.5, 0.6) is 0 Å². The van der Waals surface area contributed by atoms with Crippen molar-refractivity contribution in [3.05, 3.63) is 65.2 Å². The predicted molar refractivity (Wildman–Crippen MR) is 94.4 cm³/mol. The third-order valence-corrected chi connectivity index (χ3v) is 5.04. The molecule has 3 aromatic carbocycles. The van der Waals surface area contributed by atoms with Gasteiger partial charge in [-0.05, 0) is 39.9 Å². The topological polar surface area (TPSA) is 0 Å². The van der Waals surface area contributed by atoms with Gasteiger partial charge in [0.15, 0.2) is 0 Å². The maximum absolute atomic E-state index is 2.40. The van der Waals surface area contributed by atoms with Gasteiger partial charge in [-0.15, -0.1) is 0 Å². The van der Waals surface area contributed by atoms with Gasteiger partial charge in [-0.1, -0.05) is 73.4 Å². The summed E-state index contributed by atoms with van der Waals surface area (Å²) >= 11 is 0. The molecule has 0 bridgehead atoms. The number of hydrogen-bond acceptors (Lipinski definition) is 0. The first-order chi connectivity index (χ1) is 10.00. The minimum atomic E-state index is 0.0888. The number of hydrogen-bond donors (Lipinski definition) is 0. The van der Waals surface area contributed by atoms with E-state index in [1.807, 2.05) is 0 Å². The Balaban J connectivity index is 2.22. The van der Waals surface area contributed by atoms with Crippen molar-refractivity contribution in [3.8, 4) is 11.1 Å². The molecule has 4 rings (SSSR count). The van der Waals surface area contributed by atoms with Crippen LogP contribution >= 0.6 is 0 Å². The summed E-state index contributed by atoms with van der Waals surface area (Å²) in [6, 6.07) is 18.1. The van der Waals surface area contributed by atoms with Crippen molar-refractivity contribution in [2.24, 2.45) is 0 Å². The van der Waals surface area contributed by atoms with Gasteiger partial charge in [0.2, 0.25) is 0 Å². The fraction of sp³-hybridized carbons (Fsp3) is 0.200. The number of fused-ring (bicyclic) bond motifs is 5. The van der Waals surface area contributed by atoms with Crippen molar-refractivity contribution in [1.82, 2.24) is 0 Å². The fourth-order valence-electron chi connectivity index (χ4n) is 3.88. The second kappa shape index (κ2) is 4.01. The van der Waals surface area contributed by atoms with E-state index in [-0.39, 0.29) is 5.41 Å². The lowest BCUT2D eigenvalue weighted by Crippen LogP contribution is -2.18. The first-order valence-corrected chi connectivity index (χ1v) is 7.64. The molecular formula is C20H19B. The molecule has 0 atom stereocenters. The van der Waals surface area contributed by atoms with E-state index in [9.17, 15) is 0 Å². The fourth-order valence-corrected chi connectivity index (χ4v) is 3.88. The van der Waals surface area contributed by atoms with Gasteiger partial charge < -0.3 is 0 Å². The molecule has 0 N–H and O–H groups in total. The predicted octanol–water partition coefficient (Wildman–Crippen LogP) is 3.71. The standard InChI is InChI=1S/C20H19B/c1-12-8-9-15-16(10-12)20(2,3)17-11-18(21)13-6-4-5-7-14(13)19(15)17/h4-11H,21H2,1-3H3. The monoisotopic (exact) mass is 270 g/mol. The quantitative estimate of drug-likeness (QED) is 0.546. The van der Waals surface area contributed by atoms with Crippen LogP contribution in [0.2, 0.25) is 0 Å². The Labute approximate surface area is 127 Å². The molecule has 0 aliphatic heterocycles. The van der Waals surface area contributed by atoms with Crippen LogP contribution in [0, 0.1) is 6.92 Å². The van der Waals surface area contributed by atoms with Crippen LogP contribution in [-0.2, 0) is 5.41 Å². The minimum absolute atomic E-state index is 0.0888. The molecule has 0 amide bonds. The lowest BCUT2D eigenvalue weighted by molar-refractivity contribution is 0.660. The number of benzene rings is 3. The Bertz CT molecular complexity index is 888. The zero-order chi connectivity index (χ0) is 14.8. The Hall–Kier alpha value is -2.02. The summed E-state index contributed by atoms with van der Waals surface area (Å²) in [6.07, 6.45) is 0. The molecule has 1 heteroatoms. The van der Waals surface area contributed by atoms with Gasteiger partial charge in [0.05, 0.1) is 0 Å². The summed E-state index contributed by atoms with van der Waals surface area (Å²) < 4.78 is 0. The Morgan fingerprint density at radius 2 is 1.57 bits per heavy atom. The highest BCUT2D eigenvalue weighted by molar-refractivity contribution is 6.39. The van der Waals surface area contributed by atoms with Crippen LogP contribution in [0.3, 0.4) is 0 Å². The average Bonchev–Trinajstić information content (AvgIpc) is 2.68. The molecule has 1 aliphatic carbocycles. The van der Waals surface area contributed by atoms with E-state index in [0.717, 1.165) is 0 Å². The summed E-state index contributed by atoms with van der Waals surface area (Å²) in [7, 11) is 2.23. The molecule has 0 aromatic heterocycles. The molecule has 0 saturated heterocycles. The lowest BCUT2D eigenvalue weighted by atomic mass is 9.78. The molecule has 0 spiro atoms. The summed E-state index contributed by atoms with van der Waals surface area (Å²) in [4.78, 5) is 0. The Kier molecular flexibility index (Phi) is 2.42. The normalized spacial score (nSPS) is 15.0. The van der Waals surface area contributed by atoms with Gasteiger partial charge >= 0.3 is 0 Å². The van der Waals surface area contributed by atoms with Crippen molar-refractivity contribution in [2.75, 3.05) is 0 Å². The van der Waals surface area contributed by atoms with E-state index < -0.39 is 0 Å². The molecule has 3 aromatic rings. The van der Waals surface area contributed by atoms with E-state index in [1.165, 1.54) is 44.1 Å². The second-order valence-corrected chi connectivity index (χ2v) is 6.84. The van der Waals surface area contributed by atoms with Gasteiger partial charge in [-0.25, -0.2) is 0 Å². The number of aryl methyl sites for hydroxylation is 1. The van der Waals surface area contributed by atoms with Crippen molar-refractivity contribution in [1.29, 1.82) is 0 Å². The second-order valence-electron chi connectivity index (χ2n) is 6.84. The van der Waals surface area contributed by atoms with Gasteiger partial charge in [-0.2, -0.15) is 0 Å². The van der Waals surface area contributed by atoms with Crippen LogP contribution < -0.4 is 5.46 Å². The molecule has 0 saturated carbocycles. The van der Waals surface area contributed by atoms with E-state index in [0.29, 0.717) is 0 Å². The maximum Gasteiger partial charge on any atom is 0.140 e. The molecule has 0 nitrogen and oxygen atoms in total. The SMILES string of the molecule is Bc1cc2c(c3ccccc13)-c1ccc(C)cc1C2(C)C. The van der Waals surface area contributed by atoms with Crippen molar-refractivity contribution < 1.29 is 0 Å². The summed E-state index contributed by atoms with van der Waals surface area (Å²) in [6.45, 7) is 6.89. The van der Waals surface area contributed by atoms with Crippen LogP contribution in [0.4, 0.5) is 0 Å². The van der Waals surface area contributed by atoms with E-state index in [1.54, 1.807) is 0 Å². The molecule has 1 aliphatic rings. The molecular weight excluding hydrogens is 251 g/mol. The van der Waals surface area contributed by atoms with Crippen LogP contribution in [0.1, 0.15) is 30.5 Å². The first-order valence-electron chi connectivity index (χ1n) is 7.64. The third kappa shape index (κ3) is 1.58. The lowest BCUT2D eigenvalue weighted by Gasteiger charge is -2.22. The molecule has 0 fully saturated rings. The molecule has 102 valence electrons. The van der Waals surface area contributed by atoms with Gasteiger partial charge in [-0.3, -0.25) is 0 Å². The Morgan fingerprint density at radius 3 is 2.33 bits per heavy atom. The summed E-state index contributed by atoms with van der Waals surface area (Å²) in [5.41, 5.74) is 8.60. The smallest absolute Gasteiger partial charge is 0.0809 e. The molecule has 0 unspecified atom stereocenters. The molecule has 0 radical (unpaired) electrons. The van der Waals surface area contributed by atoms with Crippen LogP contribution in [-0.4, -0.2) is 7.85 Å². The summed E-state index contributed by atoms with van der Waals surface area (Å²) in [5, 5.41) is 2.77. The van der Waals surface area contributed by atoms with E-state index >= 15 is 0 Å². The van der Waals surface area contributed by atoms with E-state index in [2.05, 4.69) is 77.1 Å². The third-order valence-electron chi connectivity index (χ3n) is 5.04. The van der Waals surface area contributed by atoms with Gasteiger partial charge in [0.25, 0.3) is 0 Å². The molecule has 21 heavy (non-hydrogen) atoms. The largest absolute Gasteiger partial charge is 0.140 e.